The van der Waals surface area contributed by atoms with Crippen LogP contribution in [0.2, 0.25) is 0 Å². The maximum Gasteiger partial charge on any atom is 0.245 e. The van der Waals surface area contributed by atoms with E-state index in [1.54, 1.807) is 0 Å². The zero-order chi connectivity index (χ0) is 15.2. The fourth-order valence-electron chi connectivity index (χ4n) is 3.09. The highest BCUT2D eigenvalue weighted by Gasteiger charge is 2.45. The molecule has 0 saturated carbocycles. The first-order valence-corrected chi connectivity index (χ1v) is 8.20. The summed E-state index contributed by atoms with van der Waals surface area (Å²) < 4.78 is 39.9. The molecule has 0 spiro atoms. The molecule has 0 radical (unpaired) electrons. The maximum atomic E-state index is 13.1. The summed E-state index contributed by atoms with van der Waals surface area (Å²) in [5.74, 6) is -0.997. The molecule has 2 fully saturated rings. The van der Waals surface area contributed by atoms with Crippen molar-refractivity contribution in [2.24, 2.45) is 5.92 Å². The van der Waals surface area contributed by atoms with Crippen LogP contribution in [0.3, 0.4) is 0 Å². The number of hydrogen-bond donors (Lipinski definition) is 2. The fourth-order valence-corrected chi connectivity index (χ4v) is 4.89. The van der Waals surface area contributed by atoms with Crippen LogP contribution in [0.25, 0.3) is 0 Å². The Labute approximate surface area is 122 Å². The molecular formula is C13H16FN3O3S. The summed E-state index contributed by atoms with van der Waals surface area (Å²) in [6.07, 6.45) is 1.30. The van der Waals surface area contributed by atoms with Crippen molar-refractivity contribution in [1.82, 2.24) is 9.62 Å². The molecular weight excluding hydrogens is 297 g/mol. The number of amides is 1. The predicted molar refractivity (Wildman–Crippen MR) is 74.2 cm³/mol. The van der Waals surface area contributed by atoms with Crippen molar-refractivity contribution in [3.05, 3.63) is 24.0 Å². The van der Waals surface area contributed by atoms with E-state index >= 15 is 0 Å². The Morgan fingerprint density at radius 1 is 1.38 bits per heavy atom. The van der Waals surface area contributed by atoms with Crippen LogP contribution in [0.15, 0.2) is 23.1 Å². The Hall–Kier alpha value is -1.67. The highest BCUT2D eigenvalue weighted by atomic mass is 32.2. The molecule has 2 heterocycles. The molecule has 2 atom stereocenters. The van der Waals surface area contributed by atoms with Crippen LogP contribution in [0.4, 0.5) is 10.1 Å². The topological polar surface area (TPSA) is 92.5 Å². The van der Waals surface area contributed by atoms with Gasteiger partial charge < -0.3 is 11.1 Å². The minimum absolute atomic E-state index is 0.105. The van der Waals surface area contributed by atoms with E-state index in [2.05, 4.69) is 5.32 Å². The molecule has 0 aromatic heterocycles. The Bertz CT molecular complexity index is 692. The van der Waals surface area contributed by atoms with E-state index in [0.29, 0.717) is 25.9 Å². The monoisotopic (exact) mass is 313 g/mol. The lowest BCUT2D eigenvalue weighted by Crippen LogP contribution is -2.48. The number of halogens is 1. The molecule has 0 bridgehead atoms. The van der Waals surface area contributed by atoms with Gasteiger partial charge in [-0.3, -0.25) is 4.79 Å². The van der Waals surface area contributed by atoms with E-state index in [-0.39, 0.29) is 28.4 Å². The third-order valence-corrected chi connectivity index (χ3v) is 6.11. The fraction of sp³-hybridized carbons (Fsp3) is 0.462. The highest BCUT2D eigenvalue weighted by Crippen LogP contribution is 2.33. The van der Waals surface area contributed by atoms with Gasteiger partial charge in [0.2, 0.25) is 15.9 Å². The lowest BCUT2D eigenvalue weighted by atomic mass is 9.93. The lowest BCUT2D eigenvalue weighted by molar-refractivity contribution is -0.123. The van der Waals surface area contributed by atoms with Crippen LogP contribution < -0.4 is 11.1 Å². The van der Waals surface area contributed by atoms with Crippen LogP contribution >= 0.6 is 0 Å². The van der Waals surface area contributed by atoms with Crippen LogP contribution in [-0.2, 0) is 14.8 Å². The summed E-state index contributed by atoms with van der Waals surface area (Å²) in [5, 5.41) is 2.70. The zero-order valence-electron chi connectivity index (χ0n) is 11.3. The summed E-state index contributed by atoms with van der Waals surface area (Å²) in [4.78, 5) is 11.6. The number of rotatable bonds is 2. The van der Waals surface area contributed by atoms with Crippen molar-refractivity contribution in [1.29, 1.82) is 0 Å². The molecule has 114 valence electrons. The van der Waals surface area contributed by atoms with Crippen molar-refractivity contribution in [2.45, 2.75) is 23.8 Å². The maximum absolute atomic E-state index is 13.1. The van der Waals surface area contributed by atoms with E-state index in [9.17, 15) is 17.6 Å². The van der Waals surface area contributed by atoms with Crippen LogP contribution in [-0.4, -0.2) is 37.8 Å². The first-order chi connectivity index (χ1) is 9.91. The van der Waals surface area contributed by atoms with Crippen LogP contribution in [0.5, 0.6) is 0 Å². The molecule has 3 rings (SSSR count). The largest absolute Gasteiger partial charge is 0.398 e. The third-order valence-electron chi connectivity index (χ3n) is 4.11. The number of nitrogen functional groups attached to an aromatic ring is 1. The molecule has 1 aromatic carbocycles. The van der Waals surface area contributed by atoms with Crippen molar-refractivity contribution in [3.8, 4) is 0 Å². The Kier molecular flexibility index (Phi) is 3.37. The molecule has 1 aromatic rings. The van der Waals surface area contributed by atoms with Gasteiger partial charge in [-0.15, -0.1) is 0 Å². The summed E-state index contributed by atoms with van der Waals surface area (Å²) in [5.41, 5.74) is 5.53. The first-order valence-electron chi connectivity index (χ1n) is 6.76. The van der Waals surface area contributed by atoms with Gasteiger partial charge >= 0.3 is 0 Å². The van der Waals surface area contributed by atoms with Gasteiger partial charge in [-0.2, -0.15) is 4.31 Å². The van der Waals surface area contributed by atoms with E-state index < -0.39 is 15.8 Å². The molecule has 0 aliphatic carbocycles. The molecule has 2 unspecified atom stereocenters. The summed E-state index contributed by atoms with van der Waals surface area (Å²) >= 11 is 0. The first kappa shape index (κ1) is 14.3. The molecule has 2 aliphatic rings. The quantitative estimate of drug-likeness (QED) is 0.769. The van der Waals surface area contributed by atoms with Gasteiger partial charge in [-0.05, 0) is 31.0 Å². The highest BCUT2D eigenvalue weighted by molar-refractivity contribution is 7.89. The van der Waals surface area contributed by atoms with Crippen molar-refractivity contribution < 1.29 is 17.6 Å². The SMILES string of the molecule is Nc1cc(F)ccc1S(=O)(=O)N1CCCC2C(=O)NCC21. The van der Waals surface area contributed by atoms with E-state index in [4.69, 9.17) is 5.73 Å². The van der Waals surface area contributed by atoms with E-state index in [0.717, 1.165) is 12.1 Å². The number of fused-ring (bicyclic) bond motifs is 1. The molecule has 8 heteroatoms. The number of nitrogens with two attached hydrogens (primary N) is 1. The average Bonchev–Trinajstić information content (AvgIpc) is 2.80. The molecule has 1 amide bonds. The normalized spacial score (nSPS) is 26.4. The second-order valence-electron chi connectivity index (χ2n) is 5.36. The number of sulfonamides is 1. The minimum Gasteiger partial charge on any atom is -0.398 e. The summed E-state index contributed by atoms with van der Waals surface area (Å²) in [6, 6.07) is 2.85. The molecule has 6 nitrogen and oxygen atoms in total. The zero-order valence-corrected chi connectivity index (χ0v) is 12.1. The second kappa shape index (κ2) is 4.96. The summed E-state index contributed by atoms with van der Waals surface area (Å²) in [6.45, 7) is 0.652. The smallest absolute Gasteiger partial charge is 0.245 e. The molecule has 2 saturated heterocycles. The molecule has 21 heavy (non-hydrogen) atoms. The van der Waals surface area contributed by atoms with Gasteiger partial charge in [0.1, 0.15) is 10.7 Å². The van der Waals surface area contributed by atoms with Gasteiger partial charge in [0, 0.05) is 13.1 Å². The number of benzene rings is 1. The lowest BCUT2D eigenvalue weighted by Gasteiger charge is -2.34. The molecule has 2 aliphatic heterocycles. The predicted octanol–water partition coefficient (Wildman–Crippen LogP) is 0.307. The Morgan fingerprint density at radius 3 is 2.86 bits per heavy atom. The van der Waals surface area contributed by atoms with Gasteiger partial charge in [-0.1, -0.05) is 0 Å². The number of nitrogens with zero attached hydrogens (tertiary/aromatic N) is 1. The van der Waals surface area contributed by atoms with E-state index in [1.165, 1.54) is 10.4 Å². The van der Waals surface area contributed by atoms with Crippen LogP contribution in [0, 0.1) is 11.7 Å². The van der Waals surface area contributed by atoms with Gasteiger partial charge in [0.25, 0.3) is 0 Å². The number of carbonyl (C=O) groups is 1. The van der Waals surface area contributed by atoms with Gasteiger partial charge in [0.15, 0.2) is 0 Å². The van der Waals surface area contributed by atoms with Crippen molar-refractivity contribution >= 4 is 21.6 Å². The number of anilines is 1. The van der Waals surface area contributed by atoms with Crippen molar-refractivity contribution in [3.63, 3.8) is 0 Å². The van der Waals surface area contributed by atoms with Gasteiger partial charge in [0.05, 0.1) is 17.6 Å². The third kappa shape index (κ3) is 2.28. The number of carbonyl (C=O) groups excluding carboxylic acids is 1. The van der Waals surface area contributed by atoms with E-state index in [1.807, 2.05) is 0 Å². The second-order valence-corrected chi connectivity index (χ2v) is 7.22. The number of nitrogens with one attached hydrogen (secondary N) is 1. The Morgan fingerprint density at radius 2 is 2.14 bits per heavy atom. The van der Waals surface area contributed by atoms with Gasteiger partial charge in [-0.25, -0.2) is 12.8 Å². The van der Waals surface area contributed by atoms with Crippen LogP contribution in [0.1, 0.15) is 12.8 Å². The molecule has 3 N–H and O–H groups in total. The standard InChI is InChI=1S/C13H16FN3O3S/c14-8-3-4-12(10(15)6-8)21(19,20)17-5-1-2-9-11(17)7-16-13(9)18/h3-4,6,9,11H,1-2,5,7,15H2,(H,16,18). The average molecular weight is 313 g/mol. The number of piperidine rings is 1. The Balaban J connectivity index is 1.99. The van der Waals surface area contributed by atoms with Crippen molar-refractivity contribution in [2.75, 3.05) is 18.8 Å². The minimum atomic E-state index is -3.84. The summed E-state index contributed by atoms with van der Waals surface area (Å²) in [7, 11) is -3.84. The number of hydrogen-bond acceptors (Lipinski definition) is 4.